The highest BCUT2D eigenvalue weighted by molar-refractivity contribution is 9.10. The minimum Gasteiger partial charge on any atom is -0.495 e. The second-order valence-corrected chi connectivity index (χ2v) is 8.19. The standard InChI is InChI=1S/C15H15BrFN3O4S/c1-23-13-3-2-11(17)6-14(13)25(21,22)20-5-4-12(9-20)24-15-18-7-10(16)8-19-15/h2-3,6-8,12H,4-5,9H2,1H3/t12-/m1/s1. The van der Waals surface area contributed by atoms with Crippen LogP contribution in [-0.2, 0) is 10.0 Å². The fourth-order valence-electron chi connectivity index (χ4n) is 2.51. The van der Waals surface area contributed by atoms with Gasteiger partial charge in [-0.1, -0.05) is 0 Å². The molecule has 134 valence electrons. The molecule has 1 aromatic carbocycles. The highest BCUT2D eigenvalue weighted by atomic mass is 79.9. The number of hydrogen-bond donors (Lipinski definition) is 0. The summed E-state index contributed by atoms with van der Waals surface area (Å²) in [5.74, 6) is -0.545. The van der Waals surface area contributed by atoms with E-state index in [2.05, 4.69) is 25.9 Å². The van der Waals surface area contributed by atoms with Crippen LogP contribution in [0, 0.1) is 5.82 Å². The number of nitrogens with zero attached hydrogens (tertiary/aromatic N) is 3. The molecule has 0 N–H and O–H groups in total. The fourth-order valence-corrected chi connectivity index (χ4v) is 4.37. The summed E-state index contributed by atoms with van der Waals surface area (Å²) in [7, 11) is -2.56. The van der Waals surface area contributed by atoms with Gasteiger partial charge in [0.2, 0.25) is 10.0 Å². The molecule has 7 nitrogen and oxygen atoms in total. The van der Waals surface area contributed by atoms with E-state index in [0.717, 1.165) is 12.1 Å². The number of hydrogen-bond acceptors (Lipinski definition) is 6. The second-order valence-electron chi connectivity index (χ2n) is 5.37. The predicted molar refractivity (Wildman–Crippen MR) is 90.5 cm³/mol. The van der Waals surface area contributed by atoms with Gasteiger partial charge in [0.05, 0.1) is 18.1 Å². The van der Waals surface area contributed by atoms with Gasteiger partial charge in [0, 0.05) is 18.9 Å². The number of benzene rings is 1. The molecule has 1 aliphatic heterocycles. The molecule has 1 saturated heterocycles. The molecule has 0 saturated carbocycles. The van der Waals surface area contributed by atoms with Gasteiger partial charge in [-0.25, -0.2) is 22.8 Å². The Balaban J connectivity index is 1.76. The summed E-state index contributed by atoms with van der Waals surface area (Å²) in [5.41, 5.74) is 0. The summed E-state index contributed by atoms with van der Waals surface area (Å²) < 4.78 is 51.7. The van der Waals surface area contributed by atoms with Gasteiger partial charge in [-0.05, 0) is 40.5 Å². The molecule has 0 radical (unpaired) electrons. The zero-order chi connectivity index (χ0) is 18.0. The number of aromatic nitrogens is 2. The molecule has 1 aromatic heterocycles. The SMILES string of the molecule is COc1ccc(F)cc1S(=O)(=O)N1CC[C@@H](Oc2ncc(Br)cn2)C1. The van der Waals surface area contributed by atoms with E-state index >= 15 is 0 Å². The number of ether oxygens (including phenoxy) is 2. The maximum absolute atomic E-state index is 13.5. The van der Waals surface area contributed by atoms with E-state index < -0.39 is 15.8 Å². The van der Waals surface area contributed by atoms with Crippen LogP contribution in [0.1, 0.15) is 6.42 Å². The Labute approximate surface area is 153 Å². The molecule has 0 bridgehead atoms. The Kier molecular flexibility index (Phi) is 5.21. The van der Waals surface area contributed by atoms with Crippen LogP contribution in [0.4, 0.5) is 4.39 Å². The number of rotatable bonds is 5. The van der Waals surface area contributed by atoms with Gasteiger partial charge in [-0.3, -0.25) is 0 Å². The van der Waals surface area contributed by atoms with Crippen molar-refractivity contribution in [1.82, 2.24) is 14.3 Å². The van der Waals surface area contributed by atoms with Gasteiger partial charge < -0.3 is 9.47 Å². The van der Waals surface area contributed by atoms with E-state index in [4.69, 9.17) is 9.47 Å². The van der Waals surface area contributed by atoms with Crippen LogP contribution in [0.3, 0.4) is 0 Å². The van der Waals surface area contributed by atoms with Crippen molar-refractivity contribution in [2.45, 2.75) is 17.4 Å². The van der Waals surface area contributed by atoms with Gasteiger partial charge in [0.15, 0.2) is 0 Å². The van der Waals surface area contributed by atoms with Crippen molar-refractivity contribution >= 4 is 26.0 Å². The summed E-state index contributed by atoms with van der Waals surface area (Å²) in [4.78, 5) is 7.82. The van der Waals surface area contributed by atoms with E-state index in [1.165, 1.54) is 17.5 Å². The topological polar surface area (TPSA) is 81.6 Å². The molecule has 25 heavy (non-hydrogen) atoms. The average Bonchev–Trinajstić information content (AvgIpc) is 3.06. The number of methoxy groups -OCH3 is 1. The molecular formula is C15H15BrFN3O4S. The molecule has 0 spiro atoms. The van der Waals surface area contributed by atoms with Crippen molar-refractivity contribution in [1.29, 1.82) is 0 Å². The Morgan fingerprint density at radius 1 is 1.32 bits per heavy atom. The molecule has 3 rings (SSSR count). The predicted octanol–water partition coefficient (Wildman–Crippen LogP) is 2.23. The van der Waals surface area contributed by atoms with Crippen LogP contribution in [0.5, 0.6) is 11.8 Å². The van der Waals surface area contributed by atoms with Crippen LogP contribution in [0.2, 0.25) is 0 Å². The lowest BCUT2D eigenvalue weighted by atomic mass is 10.3. The molecular weight excluding hydrogens is 417 g/mol. The molecule has 0 unspecified atom stereocenters. The van der Waals surface area contributed by atoms with E-state index in [9.17, 15) is 12.8 Å². The first-order valence-electron chi connectivity index (χ1n) is 7.38. The van der Waals surface area contributed by atoms with E-state index in [1.54, 1.807) is 12.4 Å². The van der Waals surface area contributed by atoms with Gasteiger partial charge >= 0.3 is 6.01 Å². The quantitative estimate of drug-likeness (QED) is 0.721. The van der Waals surface area contributed by atoms with E-state index in [0.29, 0.717) is 10.9 Å². The largest absolute Gasteiger partial charge is 0.495 e. The third-order valence-corrected chi connectivity index (χ3v) is 6.02. The summed E-state index contributed by atoms with van der Waals surface area (Å²) in [5, 5.41) is 0. The van der Waals surface area contributed by atoms with Crippen molar-refractivity contribution in [3.8, 4) is 11.8 Å². The van der Waals surface area contributed by atoms with E-state index in [1.807, 2.05) is 0 Å². The Morgan fingerprint density at radius 2 is 2.04 bits per heavy atom. The Bertz CT molecular complexity index is 864. The molecule has 1 fully saturated rings. The summed E-state index contributed by atoms with van der Waals surface area (Å²) in [6.07, 6.45) is 3.19. The minimum atomic E-state index is -3.90. The zero-order valence-electron chi connectivity index (χ0n) is 13.2. The fraction of sp³-hybridized carbons (Fsp3) is 0.333. The smallest absolute Gasteiger partial charge is 0.316 e. The first-order valence-corrected chi connectivity index (χ1v) is 9.61. The first-order chi connectivity index (χ1) is 11.9. The first kappa shape index (κ1) is 18.0. The molecule has 2 heterocycles. The van der Waals surface area contributed by atoms with Crippen molar-refractivity contribution in [2.75, 3.05) is 20.2 Å². The van der Waals surface area contributed by atoms with E-state index in [-0.39, 0.29) is 35.8 Å². The Morgan fingerprint density at radius 3 is 2.72 bits per heavy atom. The van der Waals surface area contributed by atoms with Crippen LogP contribution >= 0.6 is 15.9 Å². The maximum atomic E-state index is 13.5. The number of halogens is 2. The van der Waals surface area contributed by atoms with Crippen molar-refractivity contribution in [3.63, 3.8) is 0 Å². The lowest BCUT2D eigenvalue weighted by Gasteiger charge is -2.18. The zero-order valence-corrected chi connectivity index (χ0v) is 15.6. The molecule has 10 heteroatoms. The van der Waals surface area contributed by atoms with Crippen LogP contribution in [0.15, 0.2) is 40.0 Å². The van der Waals surface area contributed by atoms with Gasteiger partial charge in [0.25, 0.3) is 0 Å². The average molecular weight is 432 g/mol. The van der Waals surface area contributed by atoms with Crippen LogP contribution in [0.25, 0.3) is 0 Å². The minimum absolute atomic E-state index is 0.0991. The summed E-state index contributed by atoms with van der Waals surface area (Å²) >= 11 is 3.23. The monoisotopic (exact) mass is 431 g/mol. The van der Waals surface area contributed by atoms with Gasteiger partial charge in [0.1, 0.15) is 22.6 Å². The van der Waals surface area contributed by atoms with Crippen molar-refractivity contribution in [3.05, 3.63) is 40.9 Å². The van der Waals surface area contributed by atoms with Crippen molar-refractivity contribution in [2.24, 2.45) is 0 Å². The lowest BCUT2D eigenvalue weighted by molar-refractivity contribution is 0.197. The highest BCUT2D eigenvalue weighted by Gasteiger charge is 2.35. The Hall–Kier alpha value is -1.78. The van der Waals surface area contributed by atoms with Crippen molar-refractivity contribution < 1.29 is 22.3 Å². The molecule has 1 aliphatic rings. The lowest BCUT2D eigenvalue weighted by Crippen LogP contribution is -2.31. The molecule has 0 aliphatic carbocycles. The second kappa shape index (κ2) is 7.22. The highest BCUT2D eigenvalue weighted by Crippen LogP contribution is 2.30. The molecule has 2 aromatic rings. The van der Waals surface area contributed by atoms with Gasteiger partial charge in [-0.2, -0.15) is 4.31 Å². The molecule has 0 amide bonds. The van der Waals surface area contributed by atoms with Crippen LogP contribution < -0.4 is 9.47 Å². The normalized spacial score (nSPS) is 18.3. The summed E-state index contributed by atoms with van der Waals surface area (Å²) in [6.45, 7) is 0.380. The third-order valence-electron chi connectivity index (χ3n) is 3.72. The van der Waals surface area contributed by atoms with Crippen LogP contribution in [-0.4, -0.2) is 49.0 Å². The number of sulfonamides is 1. The molecule has 1 atom stereocenters. The summed E-state index contributed by atoms with van der Waals surface area (Å²) in [6, 6.07) is 3.58. The maximum Gasteiger partial charge on any atom is 0.316 e. The van der Waals surface area contributed by atoms with Gasteiger partial charge in [-0.15, -0.1) is 0 Å². The third kappa shape index (κ3) is 3.91.